The number of nitrogens with zero attached hydrogens (tertiary/aromatic N) is 1. The van der Waals surface area contributed by atoms with Crippen LogP contribution in [0, 0.1) is 16.7 Å². The molecule has 1 N–H and O–H groups in total. The molecule has 2 saturated heterocycles. The van der Waals surface area contributed by atoms with Gasteiger partial charge in [0.05, 0.1) is 11.5 Å². The summed E-state index contributed by atoms with van der Waals surface area (Å²) in [6, 6.07) is 2.02. The molecule has 3 aliphatic rings. The van der Waals surface area contributed by atoms with Crippen molar-refractivity contribution in [2.45, 2.75) is 44.1 Å². The summed E-state index contributed by atoms with van der Waals surface area (Å²) in [5.41, 5.74) is -2.04. The second-order valence-electron chi connectivity index (χ2n) is 4.98. The summed E-state index contributed by atoms with van der Waals surface area (Å²) < 4.78 is 40.8. The van der Waals surface area contributed by atoms with Gasteiger partial charge in [0.1, 0.15) is 0 Å². The molecule has 4 nitrogen and oxygen atoms in total. The van der Waals surface area contributed by atoms with Crippen molar-refractivity contribution < 1.29 is 22.7 Å². The molecule has 2 bridgehead atoms. The van der Waals surface area contributed by atoms with Gasteiger partial charge in [-0.1, -0.05) is 0 Å². The maximum Gasteiger partial charge on any atom is 0.490 e. The molecule has 3 unspecified atom stereocenters. The van der Waals surface area contributed by atoms with E-state index in [-0.39, 0.29) is 12.5 Å². The van der Waals surface area contributed by atoms with Crippen molar-refractivity contribution in [1.29, 1.82) is 5.26 Å². The highest BCUT2D eigenvalue weighted by Gasteiger charge is 2.59. The number of rotatable bonds is 1. The third-order valence-corrected chi connectivity index (χ3v) is 3.21. The number of halogens is 3. The van der Waals surface area contributed by atoms with Crippen molar-refractivity contribution >= 4 is 5.97 Å². The van der Waals surface area contributed by atoms with Gasteiger partial charge in [-0.25, -0.2) is 4.79 Å². The molecular formula is C10H11F3N2O2. The van der Waals surface area contributed by atoms with E-state index in [4.69, 9.17) is 5.26 Å². The Morgan fingerprint density at radius 1 is 1.53 bits per heavy atom. The van der Waals surface area contributed by atoms with Crippen molar-refractivity contribution in [2.24, 2.45) is 5.41 Å². The zero-order chi connectivity index (χ0) is 12.9. The van der Waals surface area contributed by atoms with Gasteiger partial charge >= 0.3 is 12.1 Å². The minimum Gasteiger partial charge on any atom is -0.437 e. The van der Waals surface area contributed by atoms with Crippen LogP contribution in [0.3, 0.4) is 0 Å². The monoisotopic (exact) mass is 248 g/mol. The topological polar surface area (TPSA) is 62.1 Å². The summed E-state index contributed by atoms with van der Waals surface area (Å²) in [6.07, 6.45) is -4.00. The molecule has 0 aromatic rings. The minimum atomic E-state index is -5.00. The number of alkyl halides is 3. The van der Waals surface area contributed by atoms with Crippen molar-refractivity contribution in [3.63, 3.8) is 0 Å². The molecule has 0 radical (unpaired) electrons. The fourth-order valence-electron chi connectivity index (χ4n) is 2.67. The average molecular weight is 248 g/mol. The van der Waals surface area contributed by atoms with Gasteiger partial charge in [0.2, 0.25) is 0 Å². The number of hydrogen-bond donors (Lipinski definition) is 1. The fourth-order valence-corrected chi connectivity index (χ4v) is 2.67. The number of carbonyl (C=O) groups excluding carboxylic acids is 1. The zero-order valence-corrected chi connectivity index (χ0v) is 9.10. The zero-order valence-electron chi connectivity index (χ0n) is 9.10. The van der Waals surface area contributed by atoms with Gasteiger partial charge in [0, 0.05) is 18.9 Å². The predicted octanol–water partition coefficient (Wildman–Crippen LogP) is 1.47. The second-order valence-corrected chi connectivity index (χ2v) is 4.98. The number of nitrogens with one attached hydrogen (secondary N) is 1. The summed E-state index contributed by atoms with van der Waals surface area (Å²) in [4.78, 5) is 10.8. The van der Waals surface area contributed by atoms with Crippen LogP contribution < -0.4 is 5.32 Å². The number of carbonyl (C=O) groups is 1. The number of hydrogen-bond acceptors (Lipinski definition) is 4. The Kier molecular flexibility index (Phi) is 2.40. The Labute approximate surface area is 95.7 Å². The standard InChI is InChI=1S/C10H11F3N2O2/c1-8(5-14)2-6-3-9(4-8,15-6)17-7(16)10(11,12)13/h6,15H,2-4H2,1H3. The first kappa shape index (κ1) is 12.2. The molecule has 7 heteroatoms. The van der Waals surface area contributed by atoms with E-state index in [0.29, 0.717) is 12.8 Å². The first-order valence-electron chi connectivity index (χ1n) is 5.17. The van der Waals surface area contributed by atoms with Gasteiger partial charge in [-0.3, -0.25) is 5.32 Å². The predicted molar refractivity (Wildman–Crippen MR) is 49.4 cm³/mol. The highest BCUT2D eigenvalue weighted by molar-refractivity contribution is 5.76. The quantitative estimate of drug-likeness (QED) is 0.714. The molecule has 0 aromatic heterocycles. The lowest BCUT2D eigenvalue weighted by molar-refractivity contribution is -0.240. The van der Waals surface area contributed by atoms with E-state index in [0.717, 1.165) is 0 Å². The Balaban J connectivity index is 2.08. The summed E-state index contributed by atoms with van der Waals surface area (Å²) in [5.74, 6) is -2.20. The van der Waals surface area contributed by atoms with Crippen LogP contribution in [0.1, 0.15) is 26.2 Å². The summed E-state index contributed by atoms with van der Waals surface area (Å²) in [5, 5.41) is 11.7. The molecule has 3 atom stereocenters. The highest BCUT2D eigenvalue weighted by Crippen LogP contribution is 2.48. The van der Waals surface area contributed by atoms with Crippen molar-refractivity contribution in [2.75, 3.05) is 0 Å². The number of ether oxygens (including phenoxy) is 1. The largest absolute Gasteiger partial charge is 0.490 e. The lowest BCUT2D eigenvalue weighted by Crippen LogP contribution is -2.72. The first-order valence-corrected chi connectivity index (χ1v) is 5.17. The van der Waals surface area contributed by atoms with Crippen LogP contribution in [0.15, 0.2) is 0 Å². The van der Waals surface area contributed by atoms with E-state index in [1.165, 1.54) is 0 Å². The SMILES string of the molecule is CC1(C#N)CC2CC(OC(=O)C(F)(F)F)(C1)N2. The molecule has 3 fully saturated rings. The Bertz CT molecular complexity index is 395. The molecule has 94 valence electrons. The van der Waals surface area contributed by atoms with Gasteiger partial charge < -0.3 is 4.74 Å². The van der Waals surface area contributed by atoms with Gasteiger partial charge in [-0.2, -0.15) is 18.4 Å². The minimum absolute atomic E-state index is 0.0468. The van der Waals surface area contributed by atoms with Crippen LogP contribution in [-0.4, -0.2) is 23.9 Å². The average Bonchev–Trinajstić information content (AvgIpc) is 2.14. The maximum absolute atomic E-state index is 12.1. The molecule has 2 aliphatic heterocycles. The molecule has 1 aliphatic carbocycles. The van der Waals surface area contributed by atoms with Crippen LogP contribution in [0.25, 0.3) is 0 Å². The molecule has 3 rings (SSSR count). The first-order chi connectivity index (χ1) is 7.68. The third-order valence-electron chi connectivity index (χ3n) is 3.21. The third kappa shape index (κ3) is 2.09. The lowest BCUT2D eigenvalue weighted by atomic mass is 9.65. The molecule has 2 heterocycles. The van der Waals surface area contributed by atoms with Gasteiger partial charge in [0.15, 0.2) is 5.72 Å². The van der Waals surface area contributed by atoms with Crippen LogP contribution >= 0.6 is 0 Å². The van der Waals surface area contributed by atoms with Gasteiger partial charge in [-0.05, 0) is 13.3 Å². The summed E-state index contributed by atoms with van der Waals surface area (Å²) in [6.45, 7) is 1.66. The van der Waals surface area contributed by atoms with Crippen LogP contribution in [-0.2, 0) is 9.53 Å². The van der Waals surface area contributed by atoms with Gasteiger partial charge in [-0.15, -0.1) is 0 Å². The van der Waals surface area contributed by atoms with E-state index >= 15 is 0 Å². The van der Waals surface area contributed by atoms with E-state index in [2.05, 4.69) is 16.1 Å². The van der Waals surface area contributed by atoms with E-state index in [1.54, 1.807) is 6.92 Å². The second kappa shape index (κ2) is 3.35. The molecular weight excluding hydrogens is 237 g/mol. The molecule has 0 aromatic carbocycles. The normalized spacial score (nSPS) is 40.1. The van der Waals surface area contributed by atoms with Crippen molar-refractivity contribution in [3.05, 3.63) is 0 Å². The smallest absolute Gasteiger partial charge is 0.437 e. The van der Waals surface area contributed by atoms with Crippen LogP contribution in [0.5, 0.6) is 0 Å². The molecule has 0 spiro atoms. The Morgan fingerprint density at radius 3 is 2.59 bits per heavy atom. The molecule has 17 heavy (non-hydrogen) atoms. The number of piperidine rings is 1. The van der Waals surface area contributed by atoms with Crippen molar-refractivity contribution in [1.82, 2.24) is 5.32 Å². The van der Waals surface area contributed by atoms with Crippen LogP contribution in [0.4, 0.5) is 13.2 Å². The lowest BCUT2D eigenvalue weighted by Gasteiger charge is -2.56. The van der Waals surface area contributed by atoms with E-state index in [9.17, 15) is 18.0 Å². The summed E-state index contributed by atoms with van der Waals surface area (Å²) >= 11 is 0. The summed E-state index contributed by atoms with van der Waals surface area (Å²) in [7, 11) is 0. The van der Waals surface area contributed by atoms with Crippen LogP contribution in [0.2, 0.25) is 0 Å². The van der Waals surface area contributed by atoms with E-state index < -0.39 is 23.3 Å². The Hall–Kier alpha value is -1.29. The Morgan fingerprint density at radius 2 is 2.12 bits per heavy atom. The number of fused-ring (bicyclic) bond motifs is 2. The fraction of sp³-hybridized carbons (Fsp3) is 0.800. The highest BCUT2D eigenvalue weighted by atomic mass is 19.4. The molecule has 0 amide bonds. The number of esters is 1. The van der Waals surface area contributed by atoms with Crippen molar-refractivity contribution in [3.8, 4) is 6.07 Å². The van der Waals surface area contributed by atoms with E-state index in [1.807, 2.05) is 0 Å². The maximum atomic E-state index is 12.1. The van der Waals surface area contributed by atoms with Gasteiger partial charge in [0.25, 0.3) is 0 Å². The molecule has 1 saturated carbocycles. The number of nitriles is 1.